The summed E-state index contributed by atoms with van der Waals surface area (Å²) < 4.78 is 21.0. The van der Waals surface area contributed by atoms with Crippen molar-refractivity contribution in [1.29, 1.82) is 0 Å². The zero-order chi connectivity index (χ0) is 24.1. The number of anilines is 1. The standard InChI is InChI=1S/C25H22ClFN4O2S/c1-33-14-13-31-23(22(30-25(31)34-2)16-5-9-20(27)10-6-16)18-11-12-28-21(15-18)29-24(32)17-3-7-19(26)8-4-17/h3-12,15H,13-14H2,1-2H3,(H,28,29,32). The van der Waals surface area contributed by atoms with Crippen molar-refractivity contribution in [2.75, 3.05) is 25.3 Å². The van der Waals surface area contributed by atoms with E-state index in [1.54, 1.807) is 55.8 Å². The Morgan fingerprint density at radius 2 is 1.85 bits per heavy atom. The summed E-state index contributed by atoms with van der Waals surface area (Å²) in [5.74, 6) is -0.212. The Morgan fingerprint density at radius 1 is 1.12 bits per heavy atom. The summed E-state index contributed by atoms with van der Waals surface area (Å²) in [5.41, 5.74) is 3.61. The fraction of sp³-hybridized carbons (Fsp3) is 0.160. The lowest BCUT2D eigenvalue weighted by Crippen LogP contribution is -2.13. The Labute approximate surface area is 206 Å². The minimum atomic E-state index is -0.315. The molecule has 0 aliphatic carbocycles. The maximum Gasteiger partial charge on any atom is 0.256 e. The molecule has 0 aliphatic heterocycles. The van der Waals surface area contributed by atoms with Gasteiger partial charge in [-0.25, -0.2) is 14.4 Å². The molecule has 0 saturated carbocycles. The van der Waals surface area contributed by atoms with E-state index >= 15 is 0 Å². The molecular weight excluding hydrogens is 475 g/mol. The van der Waals surface area contributed by atoms with E-state index in [0.717, 1.165) is 22.0 Å². The van der Waals surface area contributed by atoms with Gasteiger partial charge in [-0.05, 0) is 66.9 Å². The van der Waals surface area contributed by atoms with Gasteiger partial charge in [0.1, 0.15) is 11.6 Å². The van der Waals surface area contributed by atoms with E-state index in [0.29, 0.717) is 35.2 Å². The maximum atomic E-state index is 13.6. The smallest absolute Gasteiger partial charge is 0.256 e. The summed E-state index contributed by atoms with van der Waals surface area (Å²) in [5, 5.41) is 4.19. The van der Waals surface area contributed by atoms with Gasteiger partial charge in [-0.2, -0.15) is 0 Å². The number of hydrogen-bond acceptors (Lipinski definition) is 5. The zero-order valence-electron chi connectivity index (χ0n) is 18.6. The van der Waals surface area contributed by atoms with Crippen molar-refractivity contribution < 1.29 is 13.9 Å². The highest BCUT2D eigenvalue weighted by Crippen LogP contribution is 2.36. The molecule has 6 nitrogen and oxygen atoms in total. The molecule has 34 heavy (non-hydrogen) atoms. The van der Waals surface area contributed by atoms with Crippen LogP contribution in [0.15, 0.2) is 72.0 Å². The molecular formula is C25H22ClFN4O2S. The van der Waals surface area contributed by atoms with Crippen LogP contribution in [-0.2, 0) is 11.3 Å². The summed E-state index contributed by atoms with van der Waals surface area (Å²) >= 11 is 7.43. The number of nitrogens with one attached hydrogen (secondary N) is 1. The number of hydrogen-bond donors (Lipinski definition) is 1. The summed E-state index contributed by atoms with van der Waals surface area (Å²) in [6.45, 7) is 1.07. The zero-order valence-corrected chi connectivity index (χ0v) is 20.2. The number of halogens is 2. The van der Waals surface area contributed by atoms with Crippen molar-refractivity contribution in [2.45, 2.75) is 11.7 Å². The van der Waals surface area contributed by atoms with E-state index in [1.807, 2.05) is 12.3 Å². The fourth-order valence-electron chi connectivity index (χ4n) is 3.52. The van der Waals surface area contributed by atoms with Crippen molar-refractivity contribution in [1.82, 2.24) is 14.5 Å². The second-order valence-electron chi connectivity index (χ2n) is 7.34. The molecule has 0 spiro atoms. The molecule has 1 amide bonds. The lowest BCUT2D eigenvalue weighted by Gasteiger charge is -2.13. The predicted octanol–water partition coefficient (Wildman–Crippen LogP) is 6.03. The predicted molar refractivity (Wildman–Crippen MR) is 134 cm³/mol. The molecule has 0 atom stereocenters. The van der Waals surface area contributed by atoms with Crippen molar-refractivity contribution in [3.05, 3.63) is 83.3 Å². The number of aromatic nitrogens is 3. The van der Waals surface area contributed by atoms with E-state index < -0.39 is 0 Å². The SMILES string of the molecule is COCCn1c(SC)nc(-c2ccc(F)cc2)c1-c1ccnc(NC(=O)c2ccc(Cl)cc2)c1. The topological polar surface area (TPSA) is 69.0 Å². The number of ether oxygens (including phenoxy) is 1. The van der Waals surface area contributed by atoms with Crippen LogP contribution in [0.4, 0.5) is 10.2 Å². The average molecular weight is 497 g/mol. The Morgan fingerprint density at radius 3 is 2.53 bits per heavy atom. The molecule has 0 radical (unpaired) electrons. The average Bonchev–Trinajstić information content (AvgIpc) is 3.22. The maximum absolute atomic E-state index is 13.6. The van der Waals surface area contributed by atoms with Crippen LogP contribution in [0.5, 0.6) is 0 Å². The second-order valence-corrected chi connectivity index (χ2v) is 8.55. The molecule has 9 heteroatoms. The van der Waals surface area contributed by atoms with Crippen LogP contribution in [0.25, 0.3) is 22.5 Å². The number of benzene rings is 2. The fourth-order valence-corrected chi connectivity index (χ4v) is 4.23. The van der Waals surface area contributed by atoms with Gasteiger partial charge >= 0.3 is 0 Å². The van der Waals surface area contributed by atoms with E-state index in [-0.39, 0.29) is 11.7 Å². The number of thioether (sulfide) groups is 1. The molecule has 1 N–H and O–H groups in total. The number of imidazole rings is 1. The van der Waals surface area contributed by atoms with Crippen LogP contribution in [0.3, 0.4) is 0 Å². The molecule has 0 unspecified atom stereocenters. The van der Waals surface area contributed by atoms with Gasteiger partial charge in [0, 0.05) is 41.6 Å². The molecule has 2 aromatic heterocycles. The first kappa shape index (κ1) is 23.9. The summed E-state index contributed by atoms with van der Waals surface area (Å²) in [4.78, 5) is 21.8. The van der Waals surface area contributed by atoms with E-state index in [9.17, 15) is 9.18 Å². The lowest BCUT2D eigenvalue weighted by molar-refractivity contribution is 0.102. The lowest BCUT2D eigenvalue weighted by atomic mass is 10.1. The van der Waals surface area contributed by atoms with Gasteiger partial charge in [-0.1, -0.05) is 23.4 Å². The van der Waals surface area contributed by atoms with Gasteiger partial charge in [0.15, 0.2) is 5.16 Å². The Kier molecular flexibility index (Phi) is 7.62. The minimum Gasteiger partial charge on any atom is -0.383 e. The van der Waals surface area contributed by atoms with Crippen LogP contribution in [-0.4, -0.2) is 40.4 Å². The van der Waals surface area contributed by atoms with Gasteiger partial charge in [0.2, 0.25) is 0 Å². The van der Waals surface area contributed by atoms with Crippen molar-refractivity contribution in [2.24, 2.45) is 0 Å². The van der Waals surface area contributed by atoms with E-state index in [1.165, 1.54) is 23.9 Å². The number of carbonyl (C=O) groups is 1. The monoisotopic (exact) mass is 496 g/mol. The normalized spacial score (nSPS) is 10.9. The number of amides is 1. The summed E-state index contributed by atoms with van der Waals surface area (Å²) in [7, 11) is 1.65. The van der Waals surface area contributed by atoms with Gasteiger partial charge < -0.3 is 14.6 Å². The third-order valence-corrected chi connectivity index (χ3v) is 6.06. The van der Waals surface area contributed by atoms with Gasteiger partial charge in [-0.15, -0.1) is 0 Å². The Bertz CT molecular complexity index is 1290. The summed E-state index contributed by atoms with van der Waals surface area (Å²) in [6, 6.07) is 16.5. The second kappa shape index (κ2) is 10.8. The quantitative estimate of drug-likeness (QED) is 0.302. The molecule has 0 bridgehead atoms. The number of rotatable bonds is 8. The molecule has 4 rings (SSSR count). The first-order valence-electron chi connectivity index (χ1n) is 10.4. The van der Waals surface area contributed by atoms with E-state index in [4.69, 9.17) is 21.3 Å². The van der Waals surface area contributed by atoms with Crippen molar-refractivity contribution in [3.8, 4) is 22.5 Å². The molecule has 0 fully saturated rings. The first-order valence-corrected chi connectivity index (χ1v) is 12.0. The number of carbonyl (C=O) groups excluding carboxylic acids is 1. The van der Waals surface area contributed by atoms with Crippen LogP contribution in [0.2, 0.25) is 5.02 Å². The molecule has 4 aromatic rings. The third kappa shape index (κ3) is 5.30. The van der Waals surface area contributed by atoms with Crippen LogP contribution in [0.1, 0.15) is 10.4 Å². The van der Waals surface area contributed by atoms with Crippen LogP contribution < -0.4 is 5.32 Å². The van der Waals surface area contributed by atoms with Crippen LogP contribution in [0, 0.1) is 5.82 Å². The third-order valence-electron chi connectivity index (χ3n) is 5.13. The van der Waals surface area contributed by atoms with Crippen LogP contribution >= 0.6 is 23.4 Å². The van der Waals surface area contributed by atoms with Gasteiger partial charge in [-0.3, -0.25) is 4.79 Å². The largest absolute Gasteiger partial charge is 0.383 e. The molecule has 2 aromatic carbocycles. The summed E-state index contributed by atoms with van der Waals surface area (Å²) in [6.07, 6.45) is 3.59. The highest BCUT2D eigenvalue weighted by Gasteiger charge is 2.20. The Hall–Kier alpha value is -3.20. The van der Waals surface area contributed by atoms with Crippen molar-refractivity contribution >= 4 is 35.1 Å². The minimum absolute atomic E-state index is 0.294. The molecule has 2 heterocycles. The number of nitrogens with zero attached hydrogens (tertiary/aromatic N) is 3. The highest BCUT2D eigenvalue weighted by atomic mass is 35.5. The molecule has 0 saturated heterocycles. The van der Waals surface area contributed by atoms with Gasteiger partial charge in [0.25, 0.3) is 5.91 Å². The highest BCUT2D eigenvalue weighted by molar-refractivity contribution is 7.98. The van der Waals surface area contributed by atoms with Gasteiger partial charge in [0.05, 0.1) is 18.0 Å². The van der Waals surface area contributed by atoms with E-state index in [2.05, 4.69) is 14.9 Å². The first-order chi connectivity index (χ1) is 16.5. The molecule has 0 aliphatic rings. The van der Waals surface area contributed by atoms with Crippen molar-refractivity contribution in [3.63, 3.8) is 0 Å². The number of pyridine rings is 1. The number of methoxy groups -OCH3 is 1. The Balaban J connectivity index is 1.76. The molecule has 174 valence electrons.